The van der Waals surface area contributed by atoms with Crippen molar-refractivity contribution in [1.82, 2.24) is 0 Å². The number of hydrogen-bond donors (Lipinski definition) is 0. The first-order valence-corrected chi connectivity index (χ1v) is 4.84. The quantitative estimate of drug-likeness (QED) is 0.435. The molecule has 0 radical (unpaired) electrons. The van der Waals surface area contributed by atoms with Gasteiger partial charge in [0.1, 0.15) is 5.76 Å². The lowest BCUT2D eigenvalue weighted by Gasteiger charge is -2.03. The Balaban J connectivity index is 4.48. The molecule has 0 aromatic heterocycles. The number of allylic oxidation sites excluding steroid dienone is 4. The molecule has 1 nitrogen and oxygen atoms in total. The van der Waals surface area contributed by atoms with Gasteiger partial charge in [0.05, 0.1) is 12.1 Å². The summed E-state index contributed by atoms with van der Waals surface area (Å²) in [6.45, 7) is 4.00. The summed E-state index contributed by atoms with van der Waals surface area (Å²) in [5.74, 6) is 0.836. The van der Waals surface area contributed by atoms with Crippen molar-refractivity contribution in [2.75, 3.05) is 7.11 Å². The van der Waals surface area contributed by atoms with Gasteiger partial charge in [-0.2, -0.15) is 0 Å². The Hall–Kier alpha value is 0.300. The molecule has 0 aliphatic rings. The van der Waals surface area contributed by atoms with Crippen molar-refractivity contribution in [2.45, 2.75) is 20.3 Å². The van der Waals surface area contributed by atoms with Crippen molar-refractivity contribution in [3.8, 4) is 0 Å². The van der Waals surface area contributed by atoms with E-state index in [4.69, 9.17) is 16.3 Å². The van der Waals surface area contributed by atoms with Crippen molar-refractivity contribution >= 4 is 34.2 Å². The van der Waals surface area contributed by atoms with Gasteiger partial charge in [-0.15, -0.1) is 0 Å². The summed E-state index contributed by atoms with van der Waals surface area (Å²) in [4.78, 5) is 0. The maximum atomic E-state index is 5.92. The molecule has 0 saturated heterocycles. The summed E-state index contributed by atoms with van der Waals surface area (Å²) in [5, 5.41) is 0.696. The van der Waals surface area contributed by atoms with Crippen LogP contribution >= 0.6 is 34.2 Å². The first-order valence-electron chi connectivity index (χ1n) is 3.38. The summed E-state index contributed by atoms with van der Waals surface area (Å²) in [7, 11) is 1.64. The average Bonchev–Trinajstić information content (AvgIpc) is 1.88. The van der Waals surface area contributed by atoms with Crippen LogP contribution in [0.3, 0.4) is 0 Å². The third-order valence-corrected chi connectivity index (χ3v) is 1.79. The van der Waals surface area contributed by atoms with Gasteiger partial charge in [-0.3, -0.25) is 0 Å². The van der Waals surface area contributed by atoms with Crippen molar-refractivity contribution < 1.29 is 4.74 Å². The molecule has 0 N–H and O–H groups in total. The molecule has 3 heteroatoms. The number of halogens is 2. The highest BCUT2D eigenvalue weighted by Crippen LogP contribution is 2.18. The zero-order valence-corrected chi connectivity index (χ0v) is 9.86. The lowest BCUT2D eigenvalue weighted by atomic mass is 10.3. The van der Waals surface area contributed by atoms with Gasteiger partial charge in [-0.25, -0.2) is 0 Å². The number of rotatable bonds is 3. The molecule has 0 bridgehead atoms. The Bertz CT molecular complexity index is 175. The molecule has 11 heavy (non-hydrogen) atoms. The molecule has 0 fully saturated rings. The van der Waals surface area contributed by atoms with Gasteiger partial charge in [0.15, 0.2) is 0 Å². The Morgan fingerprint density at radius 1 is 1.64 bits per heavy atom. The maximum Gasteiger partial charge on any atom is 0.114 e. The second-order valence-corrected chi connectivity index (χ2v) is 4.17. The van der Waals surface area contributed by atoms with Crippen LogP contribution in [0.4, 0.5) is 0 Å². The molecular weight excluding hydrogens is 274 g/mol. The lowest BCUT2D eigenvalue weighted by Crippen LogP contribution is -1.86. The highest BCUT2D eigenvalue weighted by molar-refractivity contribution is 14.1. The van der Waals surface area contributed by atoms with Gasteiger partial charge in [0.25, 0.3) is 0 Å². The van der Waals surface area contributed by atoms with E-state index in [-0.39, 0.29) is 0 Å². The smallest absolute Gasteiger partial charge is 0.114 e. The molecule has 0 aliphatic heterocycles. The second-order valence-electron chi connectivity index (χ2n) is 2.06. The van der Waals surface area contributed by atoms with E-state index in [2.05, 4.69) is 22.6 Å². The van der Waals surface area contributed by atoms with E-state index in [1.54, 1.807) is 7.11 Å². The number of hydrogen-bond acceptors (Lipinski definition) is 1. The number of ether oxygens (including phenoxy) is 1. The molecule has 0 rings (SSSR count). The topological polar surface area (TPSA) is 9.23 Å². The van der Waals surface area contributed by atoms with E-state index in [0.29, 0.717) is 5.03 Å². The summed E-state index contributed by atoms with van der Waals surface area (Å²) in [6, 6.07) is 0. The normalized spacial score (nSPS) is 14.5. The van der Waals surface area contributed by atoms with Gasteiger partial charge in [-0.05, 0) is 39.2 Å². The fourth-order valence-corrected chi connectivity index (χ4v) is 1.54. The van der Waals surface area contributed by atoms with E-state index < -0.39 is 0 Å². The molecule has 0 aliphatic carbocycles. The van der Waals surface area contributed by atoms with Gasteiger partial charge in [0, 0.05) is 6.42 Å². The monoisotopic (exact) mass is 286 g/mol. The summed E-state index contributed by atoms with van der Waals surface area (Å²) in [5.41, 5.74) is 0. The first-order chi connectivity index (χ1) is 5.11. The van der Waals surface area contributed by atoms with Crippen LogP contribution in [0.1, 0.15) is 20.3 Å². The van der Waals surface area contributed by atoms with E-state index >= 15 is 0 Å². The molecule has 0 aromatic rings. The van der Waals surface area contributed by atoms with Gasteiger partial charge in [0.2, 0.25) is 0 Å². The second kappa shape index (κ2) is 5.89. The maximum absolute atomic E-state index is 5.92. The zero-order valence-electron chi connectivity index (χ0n) is 6.95. The highest BCUT2D eigenvalue weighted by Gasteiger charge is 1.98. The van der Waals surface area contributed by atoms with Crippen LogP contribution in [0.2, 0.25) is 0 Å². The van der Waals surface area contributed by atoms with Crippen LogP contribution in [0, 0.1) is 0 Å². The van der Waals surface area contributed by atoms with Crippen molar-refractivity contribution in [1.29, 1.82) is 0 Å². The predicted molar refractivity (Wildman–Crippen MR) is 58.0 cm³/mol. The van der Waals surface area contributed by atoms with Crippen LogP contribution in [0.15, 0.2) is 20.4 Å². The summed E-state index contributed by atoms with van der Waals surface area (Å²) in [6.07, 6.45) is 2.72. The van der Waals surface area contributed by atoms with E-state index in [9.17, 15) is 0 Å². The van der Waals surface area contributed by atoms with Gasteiger partial charge >= 0.3 is 0 Å². The average molecular weight is 287 g/mol. The van der Waals surface area contributed by atoms with Gasteiger partial charge < -0.3 is 4.74 Å². The minimum atomic E-state index is 0.696. The fourth-order valence-electron chi connectivity index (χ4n) is 0.666. The van der Waals surface area contributed by atoms with Crippen LogP contribution in [0.5, 0.6) is 0 Å². The van der Waals surface area contributed by atoms with Crippen LogP contribution in [0.25, 0.3) is 0 Å². The van der Waals surface area contributed by atoms with Crippen molar-refractivity contribution in [3.05, 3.63) is 20.4 Å². The SMILES string of the molecule is CC/C(OC)=C(Cl)\C=C(/C)I. The highest BCUT2D eigenvalue weighted by atomic mass is 127. The Kier molecular flexibility index (Phi) is 6.05. The third kappa shape index (κ3) is 4.69. The summed E-state index contributed by atoms with van der Waals surface area (Å²) >= 11 is 8.13. The Morgan fingerprint density at radius 2 is 2.18 bits per heavy atom. The predicted octanol–water partition coefficient (Wildman–Crippen LogP) is 3.83. The molecule has 0 spiro atoms. The van der Waals surface area contributed by atoms with E-state index in [0.717, 1.165) is 15.8 Å². The largest absolute Gasteiger partial charge is 0.500 e. The minimum absolute atomic E-state index is 0.696. The van der Waals surface area contributed by atoms with Crippen LogP contribution in [-0.2, 0) is 4.74 Å². The van der Waals surface area contributed by atoms with E-state index in [1.807, 2.05) is 19.9 Å². The molecule has 0 atom stereocenters. The Morgan fingerprint density at radius 3 is 2.45 bits per heavy atom. The molecule has 0 unspecified atom stereocenters. The molecule has 64 valence electrons. The van der Waals surface area contributed by atoms with Gasteiger partial charge in [-0.1, -0.05) is 18.5 Å². The Labute approximate surface area is 86.6 Å². The standard InChI is InChI=1S/C8H12ClIO/c1-4-8(11-3)7(9)5-6(2)10/h5H,4H2,1-3H3/b6-5+,8-7-. The third-order valence-electron chi connectivity index (χ3n) is 1.16. The van der Waals surface area contributed by atoms with E-state index in [1.165, 1.54) is 0 Å². The fraction of sp³-hybridized carbons (Fsp3) is 0.500. The van der Waals surface area contributed by atoms with Crippen molar-refractivity contribution in [3.63, 3.8) is 0 Å². The molecular formula is C8H12ClIO. The molecule has 0 heterocycles. The summed E-state index contributed by atoms with van der Waals surface area (Å²) < 4.78 is 6.21. The van der Waals surface area contributed by atoms with Crippen LogP contribution in [-0.4, -0.2) is 7.11 Å². The van der Waals surface area contributed by atoms with Crippen molar-refractivity contribution in [2.24, 2.45) is 0 Å². The first kappa shape index (κ1) is 11.3. The van der Waals surface area contributed by atoms with Crippen LogP contribution < -0.4 is 0 Å². The molecule has 0 aromatic carbocycles. The molecule has 0 saturated carbocycles. The minimum Gasteiger partial charge on any atom is -0.500 e. The zero-order chi connectivity index (χ0) is 8.85. The number of methoxy groups -OCH3 is 1. The molecule has 0 amide bonds. The lowest BCUT2D eigenvalue weighted by molar-refractivity contribution is 0.279.